The number of rotatable bonds is 7. The largest absolute Gasteiger partial charge is 0.309 e. The first kappa shape index (κ1) is 13.7. The Labute approximate surface area is 89.4 Å². The summed E-state index contributed by atoms with van der Waals surface area (Å²) in [5.74, 6) is 0.669. The van der Waals surface area contributed by atoms with Gasteiger partial charge in [-0.3, -0.25) is 0 Å². The molecule has 0 bridgehead atoms. The number of hydrogen-bond donors (Lipinski definition) is 1. The van der Waals surface area contributed by atoms with E-state index in [2.05, 4.69) is 51.7 Å². The fourth-order valence-corrected chi connectivity index (χ4v) is 1.30. The molecule has 0 amide bonds. The van der Waals surface area contributed by atoms with Crippen molar-refractivity contribution in [1.82, 2.24) is 10.2 Å². The van der Waals surface area contributed by atoms with E-state index in [4.69, 9.17) is 0 Å². The van der Waals surface area contributed by atoms with E-state index in [0.717, 1.165) is 19.5 Å². The molecule has 0 spiro atoms. The molecule has 1 N–H and O–H groups in total. The maximum Gasteiger partial charge on any atom is 0.0220 e. The molecule has 0 saturated heterocycles. The molecule has 84 valence electrons. The molecule has 0 aliphatic carbocycles. The lowest BCUT2D eigenvalue weighted by molar-refractivity contribution is 0.294. The lowest BCUT2D eigenvalue weighted by atomic mass is 10.0. The van der Waals surface area contributed by atoms with Crippen LogP contribution in [-0.4, -0.2) is 38.1 Å². The maximum atomic E-state index is 4.01. The van der Waals surface area contributed by atoms with Gasteiger partial charge in [-0.15, -0.1) is 0 Å². The second-order valence-electron chi connectivity index (χ2n) is 4.60. The molecule has 2 nitrogen and oxygen atoms in total. The molecule has 0 fully saturated rings. The normalized spacial score (nSPS) is 13.6. The third-order valence-corrected chi connectivity index (χ3v) is 2.48. The molecule has 0 aliphatic heterocycles. The van der Waals surface area contributed by atoms with Crippen molar-refractivity contribution in [3.8, 4) is 0 Å². The Bertz CT molecular complexity index is 162. The Balaban J connectivity index is 3.91. The summed E-state index contributed by atoms with van der Waals surface area (Å²) in [6.07, 6.45) is 1.07. The molecule has 0 saturated carbocycles. The molecule has 1 atom stereocenters. The van der Waals surface area contributed by atoms with E-state index in [-0.39, 0.29) is 0 Å². The Kier molecular flexibility index (Phi) is 6.85. The van der Waals surface area contributed by atoms with Crippen LogP contribution >= 0.6 is 0 Å². The number of nitrogens with zero attached hydrogens (tertiary/aromatic N) is 1. The minimum Gasteiger partial charge on any atom is -0.309 e. The zero-order chi connectivity index (χ0) is 11.1. The average molecular weight is 198 g/mol. The zero-order valence-corrected chi connectivity index (χ0v) is 10.4. The van der Waals surface area contributed by atoms with Gasteiger partial charge in [-0.2, -0.15) is 0 Å². The molecule has 0 aromatic heterocycles. The Morgan fingerprint density at radius 2 is 1.93 bits per heavy atom. The van der Waals surface area contributed by atoms with Crippen LogP contribution in [0.15, 0.2) is 12.2 Å². The molecule has 2 heteroatoms. The molecule has 0 aliphatic rings. The van der Waals surface area contributed by atoms with Crippen molar-refractivity contribution in [2.75, 3.05) is 27.2 Å². The van der Waals surface area contributed by atoms with Crippen LogP contribution in [0.25, 0.3) is 0 Å². The molecule has 0 aromatic carbocycles. The smallest absolute Gasteiger partial charge is 0.0220 e. The van der Waals surface area contributed by atoms with E-state index >= 15 is 0 Å². The van der Waals surface area contributed by atoms with E-state index in [9.17, 15) is 0 Å². The minimum atomic E-state index is 0.563. The van der Waals surface area contributed by atoms with Crippen LogP contribution in [0.1, 0.15) is 27.2 Å². The second kappa shape index (κ2) is 7.02. The molecule has 0 rings (SSSR count). The maximum absolute atomic E-state index is 4.01. The Morgan fingerprint density at radius 1 is 1.36 bits per heavy atom. The van der Waals surface area contributed by atoms with Crippen LogP contribution in [0, 0.1) is 5.92 Å². The summed E-state index contributed by atoms with van der Waals surface area (Å²) in [5, 5.41) is 3.56. The van der Waals surface area contributed by atoms with Gasteiger partial charge in [0.1, 0.15) is 0 Å². The van der Waals surface area contributed by atoms with Crippen molar-refractivity contribution >= 4 is 0 Å². The van der Waals surface area contributed by atoms with Gasteiger partial charge in [0, 0.05) is 19.1 Å². The van der Waals surface area contributed by atoms with Crippen molar-refractivity contribution in [3.05, 3.63) is 12.2 Å². The SMILES string of the molecule is C=C(CC)CNC(CN(C)C)C(C)C. The highest BCUT2D eigenvalue weighted by atomic mass is 15.1. The van der Waals surface area contributed by atoms with Crippen LogP contribution in [0.2, 0.25) is 0 Å². The summed E-state index contributed by atoms with van der Waals surface area (Å²) in [6, 6.07) is 0.563. The first-order valence-electron chi connectivity index (χ1n) is 5.52. The highest BCUT2D eigenvalue weighted by Crippen LogP contribution is 2.04. The average Bonchev–Trinajstić information content (AvgIpc) is 2.10. The summed E-state index contributed by atoms with van der Waals surface area (Å²) >= 11 is 0. The van der Waals surface area contributed by atoms with Crippen molar-refractivity contribution in [3.63, 3.8) is 0 Å². The topological polar surface area (TPSA) is 15.3 Å². The molecular formula is C12H26N2. The fraction of sp³-hybridized carbons (Fsp3) is 0.833. The number of hydrogen-bond acceptors (Lipinski definition) is 2. The molecular weight excluding hydrogens is 172 g/mol. The molecule has 0 radical (unpaired) electrons. The highest BCUT2D eigenvalue weighted by molar-refractivity contribution is 4.96. The van der Waals surface area contributed by atoms with Gasteiger partial charge >= 0.3 is 0 Å². The van der Waals surface area contributed by atoms with Crippen LogP contribution in [0.3, 0.4) is 0 Å². The molecule has 14 heavy (non-hydrogen) atoms. The first-order valence-corrected chi connectivity index (χ1v) is 5.52. The van der Waals surface area contributed by atoms with Gasteiger partial charge in [-0.25, -0.2) is 0 Å². The van der Waals surface area contributed by atoms with E-state index in [1.165, 1.54) is 5.57 Å². The van der Waals surface area contributed by atoms with Crippen LogP contribution in [0.5, 0.6) is 0 Å². The van der Waals surface area contributed by atoms with Gasteiger partial charge in [-0.05, 0) is 26.4 Å². The lowest BCUT2D eigenvalue weighted by Crippen LogP contribution is -2.42. The summed E-state index contributed by atoms with van der Waals surface area (Å²) in [5.41, 5.74) is 1.29. The van der Waals surface area contributed by atoms with Crippen molar-refractivity contribution in [2.45, 2.75) is 33.2 Å². The first-order chi connectivity index (χ1) is 6.47. The lowest BCUT2D eigenvalue weighted by Gasteiger charge is -2.26. The molecule has 0 aromatic rings. The number of likely N-dealkylation sites (N-methyl/N-ethyl adjacent to an activating group) is 1. The van der Waals surface area contributed by atoms with Gasteiger partial charge in [0.05, 0.1) is 0 Å². The van der Waals surface area contributed by atoms with Gasteiger partial charge in [0.15, 0.2) is 0 Å². The summed E-state index contributed by atoms with van der Waals surface area (Å²) in [4.78, 5) is 2.23. The summed E-state index contributed by atoms with van der Waals surface area (Å²) < 4.78 is 0. The van der Waals surface area contributed by atoms with Crippen LogP contribution in [0.4, 0.5) is 0 Å². The zero-order valence-electron chi connectivity index (χ0n) is 10.4. The predicted molar refractivity (Wildman–Crippen MR) is 64.6 cm³/mol. The van der Waals surface area contributed by atoms with Crippen molar-refractivity contribution in [1.29, 1.82) is 0 Å². The van der Waals surface area contributed by atoms with Crippen molar-refractivity contribution < 1.29 is 0 Å². The van der Waals surface area contributed by atoms with Gasteiger partial charge in [0.25, 0.3) is 0 Å². The standard InChI is InChI=1S/C12H26N2/c1-7-11(4)8-13-12(10(2)3)9-14(5)6/h10,12-13H,4,7-9H2,1-3,5-6H3. The van der Waals surface area contributed by atoms with Crippen molar-refractivity contribution in [2.24, 2.45) is 5.92 Å². The number of nitrogens with one attached hydrogen (secondary N) is 1. The van der Waals surface area contributed by atoms with Gasteiger partial charge in [0.2, 0.25) is 0 Å². The monoisotopic (exact) mass is 198 g/mol. The van der Waals surface area contributed by atoms with E-state index in [0.29, 0.717) is 12.0 Å². The van der Waals surface area contributed by atoms with E-state index in [1.54, 1.807) is 0 Å². The minimum absolute atomic E-state index is 0.563. The molecule has 1 unspecified atom stereocenters. The summed E-state index contributed by atoms with van der Waals surface area (Å²) in [7, 11) is 4.23. The second-order valence-corrected chi connectivity index (χ2v) is 4.60. The Hall–Kier alpha value is -0.340. The van der Waals surface area contributed by atoms with Crippen LogP contribution in [-0.2, 0) is 0 Å². The fourth-order valence-electron chi connectivity index (χ4n) is 1.30. The van der Waals surface area contributed by atoms with Gasteiger partial charge < -0.3 is 10.2 Å². The van der Waals surface area contributed by atoms with Crippen LogP contribution < -0.4 is 5.32 Å². The molecule has 0 heterocycles. The van der Waals surface area contributed by atoms with E-state index in [1.807, 2.05) is 0 Å². The summed E-state index contributed by atoms with van der Waals surface area (Å²) in [6.45, 7) is 12.7. The third-order valence-electron chi connectivity index (χ3n) is 2.48. The van der Waals surface area contributed by atoms with E-state index < -0.39 is 0 Å². The van der Waals surface area contributed by atoms with Gasteiger partial charge in [-0.1, -0.05) is 32.9 Å². The third kappa shape index (κ3) is 6.17. The highest BCUT2D eigenvalue weighted by Gasteiger charge is 2.13. The quantitative estimate of drug-likeness (QED) is 0.630. The Morgan fingerprint density at radius 3 is 2.29 bits per heavy atom. The predicted octanol–water partition coefficient (Wildman–Crippen LogP) is 2.13.